The van der Waals surface area contributed by atoms with Crippen LogP contribution in [-0.2, 0) is 9.53 Å². The van der Waals surface area contributed by atoms with Crippen molar-refractivity contribution in [3.05, 3.63) is 23.8 Å². The van der Waals surface area contributed by atoms with E-state index in [2.05, 4.69) is 5.32 Å². The van der Waals surface area contributed by atoms with Gasteiger partial charge in [0.1, 0.15) is 5.75 Å². The van der Waals surface area contributed by atoms with Gasteiger partial charge in [-0.1, -0.05) is 6.07 Å². The Morgan fingerprint density at radius 3 is 2.95 bits per heavy atom. The average molecular weight is 264 g/mol. The molecule has 5 nitrogen and oxygen atoms in total. The first-order valence-corrected chi connectivity index (χ1v) is 6.49. The monoisotopic (exact) mass is 264 g/mol. The van der Waals surface area contributed by atoms with Crippen molar-refractivity contribution in [3.8, 4) is 5.75 Å². The van der Waals surface area contributed by atoms with E-state index < -0.39 is 0 Å². The maximum absolute atomic E-state index is 12.1. The molecule has 1 aromatic carbocycles. The van der Waals surface area contributed by atoms with Crippen LogP contribution in [0.3, 0.4) is 0 Å². The molecule has 0 aliphatic carbocycles. The molecule has 2 rings (SSSR count). The van der Waals surface area contributed by atoms with Crippen molar-refractivity contribution in [2.24, 2.45) is 11.7 Å². The number of benzene rings is 1. The fourth-order valence-electron chi connectivity index (χ4n) is 2.07. The zero-order chi connectivity index (χ0) is 13.8. The van der Waals surface area contributed by atoms with Crippen LogP contribution in [0.5, 0.6) is 5.75 Å². The van der Waals surface area contributed by atoms with Gasteiger partial charge in [0.2, 0.25) is 5.91 Å². The zero-order valence-corrected chi connectivity index (χ0v) is 11.3. The van der Waals surface area contributed by atoms with Crippen LogP contribution in [0.1, 0.15) is 12.5 Å². The minimum absolute atomic E-state index is 0.116. The zero-order valence-electron chi connectivity index (χ0n) is 11.3. The first-order valence-electron chi connectivity index (χ1n) is 6.49. The predicted molar refractivity (Wildman–Crippen MR) is 73.3 cm³/mol. The minimum atomic E-state index is -0.296. The molecule has 0 bridgehead atoms. The fraction of sp³-hybridized carbons (Fsp3) is 0.500. The summed E-state index contributed by atoms with van der Waals surface area (Å²) >= 11 is 0. The van der Waals surface area contributed by atoms with E-state index in [1.54, 1.807) is 0 Å². The molecule has 1 amide bonds. The molecule has 0 spiro atoms. The molecular formula is C14H20N2O3. The maximum Gasteiger partial charge on any atom is 0.231 e. The summed E-state index contributed by atoms with van der Waals surface area (Å²) in [7, 11) is 0. The number of hydrogen-bond donors (Lipinski definition) is 2. The van der Waals surface area contributed by atoms with Crippen molar-refractivity contribution in [2.75, 3.05) is 25.1 Å². The summed E-state index contributed by atoms with van der Waals surface area (Å²) in [6.07, 6.45) is 0. The summed E-state index contributed by atoms with van der Waals surface area (Å²) in [6.45, 7) is 5.26. The predicted octanol–water partition coefficient (Wildman–Crippen LogP) is 1.31. The molecule has 3 N–H and O–H groups in total. The van der Waals surface area contributed by atoms with E-state index in [0.29, 0.717) is 31.3 Å². The summed E-state index contributed by atoms with van der Waals surface area (Å²) in [5.74, 6) is 0.272. The maximum atomic E-state index is 12.1. The number of nitrogens with one attached hydrogen (secondary N) is 1. The molecule has 0 saturated carbocycles. The number of carbonyl (C=O) groups is 1. The summed E-state index contributed by atoms with van der Waals surface area (Å²) < 4.78 is 10.7. The summed E-state index contributed by atoms with van der Waals surface area (Å²) in [5, 5.41) is 2.87. The topological polar surface area (TPSA) is 73.6 Å². The number of aryl methyl sites for hydroxylation is 1. The van der Waals surface area contributed by atoms with Crippen LogP contribution < -0.4 is 15.8 Å². The van der Waals surface area contributed by atoms with Gasteiger partial charge in [-0.05, 0) is 31.5 Å². The van der Waals surface area contributed by atoms with Crippen molar-refractivity contribution >= 4 is 11.6 Å². The number of amides is 1. The van der Waals surface area contributed by atoms with Gasteiger partial charge < -0.3 is 20.5 Å². The van der Waals surface area contributed by atoms with Crippen LogP contribution >= 0.6 is 0 Å². The number of ether oxygens (including phenoxy) is 2. The Kier molecular flexibility index (Phi) is 4.39. The van der Waals surface area contributed by atoms with E-state index in [4.69, 9.17) is 15.2 Å². The molecular weight excluding hydrogens is 244 g/mol. The molecule has 1 saturated heterocycles. The standard InChI is InChI=1S/C14H20N2O3/c1-3-19-13-6-9(2)4-5-12(13)16-14(17)10-7-18-8-11(10)15/h4-6,10-11H,3,7-8,15H2,1-2H3,(H,16,17). The third-order valence-electron chi connectivity index (χ3n) is 3.16. The highest BCUT2D eigenvalue weighted by atomic mass is 16.5. The minimum Gasteiger partial charge on any atom is -0.492 e. The van der Waals surface area contributed by atoms with Crippen molar-refractivity contribution in [1.82, 2.24) is 0 Å². The third-order valence-corrected chi connectivity index (χ3v) is 3.16. The number of hydrogen-bond acceptors (Lipinski definition) is 4. The largest absolute Gasteiger partial charge is 0.492 e. The van der Waals surface area contributed by atoms with Gasteiger partial charge in [-0.2, -0.15) is 0 Å². The second-order valence-corrected chi connectivity index (χ2v) is 4.73. The molecule has 19 heavy (non-hydrogen) atoms. The molecule has 1 aliphatic heterocycles. The summed E-state index contributed by atoms with van der Waals surface area (Å²) in [5.41, 5.74) is 7.60. The molecule has 1 aromatic rings. The number of anilines is 1. The number of carbonyl (C=O) groups excluding carboxylic acids is 1. The molecule has 0 aromatic heterocycles. The van der Waals surface area contributed by atoms with Crippen molar-refractivity contribution in [3.63, 3.8) is 0 Å². The Hall–Kier alpha value is -1.59. The molecule has 2 unspecified atom stereocenters. The van der Waals surface area contributed by atoms with Crippen molar-refractivity contribution in [2.45, 2.75) is 19.9 Å². The van der Waals surface area contributed by atoms with Crippen molar-refractivity contribution < 1.29 is 14.3 Å². The highest BCUT2D eigenvalue weighted by molar-refractivity contribution is 5.94. The smallest absolute Gasteiger partial charge is 0.231 e. The second-order valence-electron chi connectivity index (χ2n) is 4.73. The van der Waals surface area contributed by atoms with E-state index in [0.717, 1.165) is 5.56 Å². The van der Waals surface area contributed by atoms with Gasteiger partial charge in [0.05, 0.1) is 31.4 Å². The van der Waals surface area contributed by atoms with E-state index >= 15 is 0 Å². The van der Waals surface area contributed by atoms with E-state index in [1.807, 2.05) is 32.0 Å². The van der Waals surface area contributed by atoms with Crippen LogP contribution in [-0.4, -0.2) is 31.8 Å². The summed E-state index contributed by atoms with van der Waals surface area (Å²) in [6, 6.07) is 5.45. The lowest BCUT2D eigenvalue weighted by atomic mass is 10.0. The van der Waals surface area contributed by atoms with E-state index in [9.17, 15) is 4.79 Å². The average Bonchev–Trinajstić information content (AvgIpc) is 2.79. The van der Waals surface area contributed by atoms with Gasteiger partial charge in [0.15, 0.2) is 0 Å². The van der Waals surface area contributed by atoms with Gasteiger partial charge in [-0.25, -0.2) is 0 Å². The van der Waals surface area contributed by atoms with Crippen LogP contribution in [0.4, 0.5) is 5.69 Å². The van der Waals surface area contributed by atoms with Gasteiger partial charge >= 0.3 is 0 Å². The Balaban J connectivity index is 2.11. The molecule has 1 fully saturated rings. The fourth-order valence-corrected chi connectivity index (χ4v) is 2.07. The van der Waals surface area contributed by atoms with Crippen molar-refractivity contribution in [1.29, 1.82) is 0 Å². The lowest BCUT2D eigenvalue weighted by molar-refractivity contribution is -0.120. The molecule has 5 heteroatoms. The quantitative estimate of drug-likeness (QED) is 0.860. The Labute approximate surface area is 113 Å². The van der Waals surface area contributed by atoms with Crippen LogP contribution in [0.15, 0.2) is 18.2 Å². The Bertz CT molecular complexity index is 462. The highest BCUT2D eigenvalue weighted by Crippen LogP contribution is 2.27. The molecule has 2 atom stereocenters. The van der Waals surface area contributed by atoms with Crippen LogP contribution in [0.2, 0.25) is 0 Å². The number of rotatable bonds is 4. The Morgan fingerprint density at radius 1 is 1.53 bits per heavy atom. The van der Waals surface area contributed by atoms with Gasteiger partial charge in [0, 0.05) is 6.04 Å². The lowest BCUT2D eigenvalue weighted by Crippen LogP contribution is -2.37. The number of nitrogens with two attached hydrogens (primary N) is 1. The SMILES string of the molecule is CCOc1cc(C)ccc1NC(=O)C1COCC1N. The Morgan fingerprint density at radius 2 is 2.32 bits per heavy atom. The van der Waals surface area contributed by atoms with E-state index in [-0.39, 0.29) is 17.9 Å². The molecule has 0 radical (unpaired) electrons. The highest BCUT2D eigenvalue weighted by Gasteiger charge is 2.31. The van der Waals surface area contributed by atoms with Gasteiger partial charge in [-0.3, -0.25) is 4.79 Å². The normalized spacial score (nSPS) is 22.3. The van der Waals surface area contributed by atoms with Gasteiger partial charge in [0.25, 0.3) is 0 Å². The van der Waals surface area contributed by atoms with Crippen LogP contribution in [0, 0.1) is 12.8 Å². The van der Waals surface area contributed by atoms with Crippen LogP contribution in [0.25, 0.3) is 0 Å². The molecule has 1 aliphatic rings. The van der Waals surface area contributed by atoms with E-state index in [1.165, 1.54) is 0 Å². The first-order chi connectivity index (χ1) is 9.11. The lowest BCUT2D eigenvalue weighted by Gasteiger charge is -2.16. The third kappa shape index (κ3) is 3.24. The second kappa shape index (κ2) is 6.04. The van der Waals surface area contributed by atoms with Gasteiger partial charge in [-0.15, -0.1) is 0 Å². The summed E-state index contributed by atoms with van der Waals surface area (Å²) in [4.78, 5) is 12.1. The molecule has 1 heterocycles. The molecule has 104 valence electrons. The first kappa shape index (κ1) is 13.8.